The number of anilines is 1. The fourth-order valence-corrected chi connectivity index (χ4v) is 1.78. The summed E-state index contributed by atoms with van der Waals surface area (Å²) in [4.78, 5) is 12.1. The molecule has 1 amide bonds. The lowest BCUT2D eigenvalue weighted by molar-refractivity contribution is 0.102. The second-order valence-electron chi connectivity index (χ2n) is 3.82. The third-order valence-corrected chi connectivity index (χ3v) is 2.80. The van der Waals surface area contributed by atoms with E-state index in [0.717, 1.165) is 0 Å². The first kappa shape index (κ1) is 13.2. The number of phenolic OH excluding ortho intramolecular Hbond substituents is 1. The van der Waals surface area contributed by atoms with Crippen LogP contribution in [0.2, 0.25) is 5.02 Å². The molecule has 0 radical (unpaired) electrons. The Morgan fingerprint density at radius 3 is 2.68 bits per heavy atom. The summed E-state index contributed by atoms with van der Waals surface area (Å²) in [5, 5.41) is 12.7. The molecular formula is C14H12ClNO3. The van der Waals surface area contributed by atoms with E-state index in [2.05, 4.69) is 5.32 Å². The molecule has 5 heteroatoms. The molecule has 0 heterocycles. The van der Waals surface area contributed by atoms with Crippen LogP contribution in [0, 0.1) is 0 Å². The molecule has 0 aromatic heterocycles. The summed E-state index contributed by atoms with van der Waals surface area (Å²) in [5.74, 6) is -0.000724. The number of carbonyl (C=O) groups excluding carboxylic acids is 1. The van der Waals surface area contributed by atoms with E-state index in [0.29, 0.717) is 22.0 Å². The zero-order valence-electron chi connectivity index (χ0n) is 10.2. The van der Waals surface area contributed by atoms with Crippen LogP contribution < -0.4 is 10.1 Å². The van der Waals surface area contributed by atoms with Crippen LogP contribution in [0.1, 0.15) is 10.4 Å². The molecule has 19 heavy (non-hydrogen) atoms. The molecule has 0 aliphatic rings. The number of para-hydroxylation sites is 2. The molecule has 0 atom stereocenters. The van der Waals surface area contributed by atoms with Crippen molar-refractivity contribution in [2.45, 2.75) is 0 Å². The number of amides is 1. The van der Waals surface area contributed by atoms with Crippen molar-refractivity contribution in [2.24, 2.45) is 0 Å². The average molecular weight is 278 g/mol. The second kappa shape index (κ2) is 5.63. The quantitative estimate of drug-likeness (QED) is 0.846. The van der Waals surface area contributed by atoms with Crippen molar-refractivity contribution in [1.29, 1.82) is 0 Å². The molecule has 0 aliphatic carbocycles. The Kier molecular flexibility index (Phi) is 3.92. The summed E-state index contributed by atoms with van der Waals surface area (Å²) in [6.07, 6.45) is 0. The van der Waals surface area contributed by atoms with Gasteiger partial charge in [-0.15, -0.1) is 0 Å². The Bertz CT molecular complexity index is 613. The summed E-state index contributed by atoms with van der Waals surface area (Å²) in [7, 11) is 1.46. The first-order chi connectivity index (χ1) is 9.11. The van der Waals surface area contributed by atoms with Crippen LogP contribution in [0.5, 0.6) is 11.5 Å². The van der Waals surface area contributed by atoms with E-state index in [4.69, 9.17) is 16.3 Å². The minimum Gasteiger partial charge on any atom is -0.506 e. The van der Waals surface area contributed by atoms with E-state index in [9.17, 15) is 9.90 Å². The van der Waals surface area contributed by atoms with Gasteiger partial charge in [0.05, 0.1) is 18.4 Å². The summed E-state index contributed by atoms with van der Waals surface area (Å²) in [5.41, 5.74) is 0.680. The maximum absolute atomic E-state index is 12.1. The third-order valence-electron chi connectivity index (χ3n) is 2.56. The molecule has 0 spiro atoms. The van der Waals surface area contributed by atoms with Crippen LogP contribution >= 0.6 is 11.6 Å². The minimum absolute atomic E-state index is 0.00350. The van der Waals surface area contributed by atoms with E-state index in [1.807, 2.05) is 0 Å². The average Bonchev–Trinajstić information content (AvgIpc) is 2.41. The van der Waals surface area contributed by atoms with Crippen molar-refractivity contribution in [2.75, 3.05) is 12.4 Å². The number of halogens is 1. The van der Waals surface area contributed by atoms with Gasteiger partial charge in [-0.25, -0.2) is 0 Å². The third kappa shape index (κ3) is 2.98. The van der Waals surface area contributed by atoms with E-state index >= 15 is 0 Å². The van der Waals surface area contributed by atoms with Gasteiger partial charge in [-0.2, -0.15) is 0 Å². The number of hydrogen-bond acceptors (Lipinski definition) is 3. The zero-order chi connectivity index (χ0) is 13.8. The first-order valence-corrected chi connectivity index (χ1v) is 5.92. The number of ether oxygens (including phenoxy) is 1. The van der Waals surface area contributed by atoms with Gasteiger partial charge in [0.25, 0.3) is 5.91 Å². The predicted molar refractivity (Wildman–Crippen MR) is 74.1 cm³/mol. The van der Waals surface area contributed by atoms with Crippen molar-refractivity contribution >= 4 is 23.2 Å². The second-order valence-corrected chi connectivity index (χ2v) is 4.25. The van der Waals surface area contributed by atoms with Crippen molar-refractivity contribution in [3.05, 3.63) is 53.1 Å². The van der Waals surface area contributed by atoms with Crippen molar-refractivity contribution in [3.8, 4) is 11.5 Å². The van der Waals surface area contributed by atoms with Crippen molar-refractivity contribution in [1.82, 2.24) is 0 Å². The van der Waals surface area contributed by atoms with Gasteiger partial charge < -0.3 is 15.2 Å². The highest BCUT2D eigenvalue weighted by atomic mass is 35.5. The molecule has 0 bridgehead atoms. The molecule has 0 unspecified atom stereocenters. The monoisotopic (exact) mass is 277 g/mol. The van der Waals surface area contributed by atoms with Gasteiger partial charge in [-0.1, -0.05) is 23.7 Å². The minimum atomic E-state index is -0.380. The molecule has 2 N–H and O–H groups in total. The van der Waals surface area contributed by atoms with Gasteiger partial charge in [0.1, 0.15) is 11.5 Å². The lowest BCUT2D eigenvalue weighted by Crippen LogP contribution is -2.13. The predicted octanol–water partition coefficient (Wildman–Crippen LogP) is 3.31. The van der Waals surface area contributed by atoms with Crippen molar-refractivity contribution in [3.63, 3.8) is 0 Å². The normalized spacial score (nSPS) is 10.0. The van der Waals surface area contributed by atoms with Gasteiger partial charge in [-0.3, -0.25) is 4.79 Å². The lowest BCUT2D eigenvalue weighted by Gasteiger charge is -2.10. The zero-order valence-corrected chi connectivity index (χ0v) is 10.9. The van der Waals surface area contributed by atoms with E-state index in [-0.39, 0.29) is 11.7 Å². The molecule has 0 saturated heterocycles. The Labute approximate surface area is 115 Å². The molecule has 4 nitrogen and oxygen atoms in total. The molecule has 0 fully saturated rings. The summed E-state index contributed by atoms with van der Waals surface area (Å²) in [6, 6.07) is 11.2. The largest absolute Gasteiger partial charge is 0.506 e. The number of hydrogen-bond donors (Lipinski definition) is 2. The Balaban J connectivity index is 2.28. The SMILES string of the molecule is COc1cc(Cl)ccc1C(=O)Nc1ccccc1O. The number of phenols is 1. The van der Waals surface area contributed by atoms with Crippen LogP contribution in [-0.4, -0.2) is 18.1 Å². The molecule has 2 aromatic rings. The highest BCUT2D eigenvalue weighted by Gasteiger charge is 2.14. The Hall–Kier alpha value is -2.20. The topological polar surface area (TPSA) is 58.6 Å². The summed E-state index contributed by atoms with van der Waals surface area (Å²) >= 11 is 5.83. The van der Waals surface area contributed by atoms with Crippen LogP contribution in [0.3, 0.4) is 0 Å². The van der Waals surface area contributed by atoms with Gasteiger partial charge in [0, 0.05) is 5.02 Å². The van der Waals surface area contributed by atoms with Crippen molar-refractivity contribution < 1.29 is 14.6 Å². The molecule has 0 saturated carbocycles. The molecule has 0 aliphatic heterocycles. The van der Waals surface area contributed by atoms with E-state index < -0.39 is 0 Å². The maximum atomic E-state index is 12.1. The van der Waals surface area contributed by atoms with Crippen LogP contribution in [-0.2, 0) is 0 Å². The number of benzene rings is 2. The fraction of sp³-hybridized carbons (Fsp3) is 0.0714. The molecular weight excluding hydrogens is 266 g/mol. The maximum Gasteiger partial charge on any atom is 0.259 e. The Morgan fingerprint density at radius 1 is 1.26 bits per heavy atom. The number of methoxy groups -OCH3 is 1. The standard InChI is InChI=1S/C14H12ClNO3/c1-19-13-8-9(15)6-7-10(13)14(18)16-11-4-2-3-5-12(11)17/h2-8,17H,1H3,(H,16,18). The first-order valence-electron chi connectivity index (χ1n) is 5.54. The number of carbonyl (C=O) groups is 1. The van der Waals surface area contributed by atoms with Crippen LogP contribution in [0.15, 0.2) is 42.5 Å². The smallest absolute Gasteiger partial charge is 0.259 e. The highest BCUT2D eigenvalue weighted by molar-refractivity contribution is 6.31. The highest BCUT2D eigenvalue weighted by Crippen LogP contribution is 2.26. The molecule has 2 rings (SSSR count). The van der Waals surface area contributed by atoms with E-state index in [1.54, 1.807) is 36.4 Å². The van der Waals surface area contributed by atoms with Crippen LogP contribution in [0.25, 0.3) is 0 Å². The number of nitrogens with one attached hydrogen (secondary N) is 1. The van der Waals surface area contributed by atoms with Gasteiger partial charge in [0.2, 0.25) is 0 Å². The van der Waals surface area contributed by atoms with Gasteiger partial charge >= 0.3 is 0 Å². The number of rotatable bonds is 3. The van der Waals surface area contributed by atoms with Crippen LogP contribution in [0.4, 0.5) is 5.69 Å². The van der Waals surface area contributed by atoms with Gasteiger partial charge in [-0.05, 0) is 30.3 Å². The lowest BCUT2D eigenvalue weighted by atomic mass is 10.1. The number of aromatic hydroxyl groups is 1. The fourth-order valence-electron chi connectivity index (χ4n) is 1.62. The molecule has 2 aromatic carbocycles. The Morgan fingerprint density at radius 2 is 2.00 bits per heavy atom. The van der Waals surface area contributed by atoms with Gasteiger partial charge in [0.15, 0.2) is 0 Å². The summed E-state index contributed by atoms with van der Waals surface area (Å²) < 4.78 is 5.11. The molecule has 98 valence electrons. The summed E-state index contributed by atoms with van der Waals surface area (Å²) in [6.45, 7) is 0. The van der Waals surface area contributed by atoms with E-state index in [1.165, 1.54) is 13.2 Å².